The van der Waals surface area contributed by atoms with Gasteiger partial charge in [-0.25, -0.2) is 0 Å². The molecule has 0 saturated heterocycles. The lowest BCUT2D eigenvalue weighted by atomic mass is 10.1. The minimum Gasteiger partial charge on any atom is -0.466 e. The number of rotatable bonds is 4. The fourth-order valence-electron chi connectivity index (χ4n) is 1.56. The second kappa shape index (κ2) is 5.44. The summed E-state index contributed by atoms with van der Waals surface area (Å²) in [5.41, 5.74) is 1.98. The molecule has 5 heteroatoms. The SMILES string of the molecule is CCOC(=O)Cc1nc(-c2cccc(C)c2)no1. The number of esters is 1. The van der Waals surface area contributed by atoms with Crippen LogP contribution in [0.3, 0.4) is 0 Å². The van der Waals surface area contributed by atoms with Gasteiger partial charge in [0.15, 0.2) is 0 Å². The van der Waals surface area contributed by atoms with E-state index in [1.807, 2.05) is 31.2 Å². The first-order valence-electron chi connectivity index (χ1n) is 5.74. The van der Waals surface area contributed by atoms with Gasteiger partial charge in [-0.3, -0.25) is 4.79 Å². The van der Waals surface area contributed by atoms with E-state index in [1.54, 1.807) is 6.92 Å². The molecule has 2 aromatic rings. The number of hydrogen-bond donors (Lipinski definition) is 0. The largest absolute Gasteiger partial charge is 0.466 e. The molecule has 2 rings (SSSR count). The van der Waals surface area contributed by atoms with E-state index in [0.717, 1.165) is 11.1 Å². The Hall–Kier alpha value is -2.17. The van der Waals surface area contributed by atoms with Crippen LogP contribution in [0, 0.1) is 6.92 Å². The van der Waals surface area contributed by atoms with Gasteiger partial charge in [-0.05, 0) is 19.9 Å². The Labute approximate surface area is 105 Å². The Kier molecular flexibility index (Phi) is 3.72. The van der Waals surface area contributed by atoms with Crippen molar-refractivity contribution in [1.29, 1.82) is 0 Å². The van der Waals surface area contributed by atoms with E-state index in [2.05, 4.69) is 10.1 Å². The zero-order valence-corrected chi connectivity index (χ0v) is 10.3. The molecule has 18 heavy (non-hydrogen) atoms. The summed E-state index contributed by atoms with van der Waals surface area (Å²) >= 11 is 0. The maximum absolute atomic E-state index is 11.3. The van der Waals surface area contributed by atoms with Crippen molar-refractivity contribution in [3.63, 3.8) is 0 Å². The Morgan fingerprint density at radius 2 is 2.28 bits per heavy atom. The Balaban J connectivity index is 2.13. The standard InChI is InChI=1S/C13H14N2O3/c1-3-17-12(16)8-11-14-13(15-18-11)10-6-4-5-9(2)7-10/h4-7H,3,8H2,1-2H3. The number of benzene rings is 1. The van der Waals surface area contributed by atoms with Crippen molar-refractivity contribution < 1.29 is 14.1 Å². The molecule has 0 saturated carbocycles. The lowest BCUT2D eigenvalue weighted by Crippen LogP contribution is -2.07. The van der Waals surface area contributed by atoms with Crippen LogP contribution in [0.2, 0.25) is 0 Å². The number of aryl methyl sites for hydroxylation is 1. The Morgan fingerprint density at radius 3 is 3.00 bits per heavy atom. The van der Waals surface area contributed by atoms with Crippen LogP contribution in [0.4, 0.5) is 0 Å². The van der Waals surface area contributed by atoms with Gasteiger partial charge in [0.05, 0.1) is 6.61 Å². The van der Waals surface area contributed by atoms with E-state index >= 15 is 0 Å². The monoisotopic (exact) mass is 246 g/mol. The second-order valence-corrected chi connectivity index (χ2v) is 3.86. The fraction of sp³-hybridized carbons (Fsp3) is 0.308. The van der Waals surface area contributed by atoms with Gasteiger partial charge >= 0.3 is 5.97 Å². The molecule has 0 unspecified atom stereocenters. The van der Waals surface area contributed by atoms with Crippen molar-refractivity contribution in [2.75, 3.05) is 6.61 Å². The molecular weight excluding hydrogens is 232 g/mol. The van der Waals surface area contributed by atoms with E-state index in [1.165, 1.54) is 0 Å². The van der Waals surface area contributed by atoms with Gasteiger partial charge in [-0.15, -0.1) is 0 Å². The van der Waals surface area contributed by atoms with Crippen molar-refractivity contribution in [2.24, 2.45) is 0 Å². The van der Waals surface area contributed by atoms with Crippen molar-refractivity contribution in [3.05, 3.63) is 35.7 Å². The number of aromatic nitrogens is 2. The molecule has 0 amide bonds. The van der Waals surface area contributed by atoms with Crippen LogP contribution in [0.5, 0.6) is 0 Å². The third kappa shape index (κ3) is 2.94. The van der Waals surface area contributed by atoms with Gasteiger partial charge in [0.25, 0.3) is 0 Å². The van der Waals surface area contributed by atoms with E-state index in [4.69, 9.17) is 9.26 Å². The predicted octanol–water partition coefficient (Wildman–Crippen LogP) is 2.15. The molecule has 0 atom stereocenters. The highest BCUT2D eigenvalue weighted by atomic mass is 16.5. The van der Waals surface area contributed by atoms with Gasteiger partial charge in [-0.2, -0.15) is 4.98 Å². The normalized spacial score (nSPS) is 10.3. The van der Waals surface area contributed by atoms with Crippen LogP contribution >= 0.6 is 0 Å². The highest BCUT2D eigenvalue weighted by Gasteiger charge is 2.13. The lowest BCUT2D eigenvalue weighted by molar-refractivity contribution is -0.142. The fourth-order valence-corrected chi connectivity index (χ4v) is 1.56. The Bertz CT molecular complexity index is 549. The van der Waals surface area contributed by atoms with E-state index in [9.17, 15) is 4.79 Å². The zero-order valence-electron chi connectivity index (χ0n) is 10.3. The smallest absolute Gasteiger partial charge is 0.315 e. The first kappa shape index (κ1) is 12.3. The van der Waals surface area contributed by atoms with Crippen molar-refractivity contribution in [3.8, 4) is 11.4 Å². The summed E-state index contributed by atoms with van der Waals surface area (Å²) < 4.78 is 9.83. The third-order valence-corrected chi connectivity index (χ3v) is 2.35. The summed E-state index contributed by atoms with van der Waals surface area (Å²) in [6, 6.07) is 7.76. The van der Waals surface area contributed by atoms with Crippen LogP contribution in [-0.4, -0.2) is 22.7 Å². The molecule has 0 aliphatic rings. The van der Waals surface area contributed by atoms with Crippen molar-refractivity contribution in [1.82, 2.24) is 10.1 Å². The summed E-state index contributed by atoms with van der Waals surface area (Å²) in [5, 5.41) is 3.85. The topological polar surface area (TPSA) is 65.2 Å². The molecule has 0 aliphatic heterocycles. The highest BCUT2D eigenvalue weighted by Crippen LogP contribution is 2.17. The van der Waals surface area contributed by atoms with Crippen molar-refractivity contribution in [2.45, 2.75) is 20.3 Å². The maximum Gasteiger partial charge on any atom is 0.315 e. The highest BCUT2D eigenvalue weighted by molar-refractivity contribution is 5.71. The van der Waals surface area contributed by atoms with Crippen LogP contribution in [-0.2, 0) is 16.0 Å². The van der Waals surface area contributed by atoms with E-state index < -0.39 is 0 Å². The number of ether oxygens (including phenoxy) is 1. The van der Waals surface area contributed by atoms with Gasteiger partial charge in [0, 0.05) is 5.56 Å². The molecule has 0 N–H and O–H groups in total. The van der Waals surface area contributed by atoms with Crippen LogP contribution in [0.1, 0.15) is 18.4 Å². The molecule has 0 bridgehead atoms. The first-order valence-corrected chi connectivity index (χ1v) is 5.74. The molecular formula is C13H14N2O3. The predicted molar refractivity (Wildman–Crippen MR) is 64.8 cm³/mol. The number of hydrogen-bond acceptors (Lipinski definition) is 5. The molecule has 0 fully saturated rings. The van der Waals surface area contributed by atoms with Crippen LogP contribution in [0.15, 0.2) is 28.8 Å². The second-order valence-electron chi connectivity index (χ2n) is 3.86. The molecule has 0 radical (unpaired) electrons. The maximum atomic E-state index is 11.3. The number of carbonyl (C=O) groups excluding carboxylic acids is 1. The summed E-state index contributed by atoms with van der Waals surface area (Å²) in [4.78, 5) is 15.4. The molecule has 5 nitrogen and oxygen atoms in total. The number of nitrogens with zero attached hydrogens (tertiary/aromatic N) is 2. The zero-order chi connectivity index (χ0) is 13.0. The van der Waals surface area contributed by atoms with Crippen LogP contribution < -0.4 is 0 Å². The summed E-state index contributed by atoms with van der Waals surface area (Å²) in [6.45, 7) is 4.09. The average Bonchev–Trinajstić information content (AvgIpc) is 2.78. The van der Waals surface area contributed by atoms with Crippen LogP contribution in [0.25, 0.3) is 11.4 Å². The minimum atomic E-state index is -0.364. The third-order valence-electron chi connectivity index (χ3n) is 2.35. The van der Waals surface area contributed by atoms with Gasteiger partial charge in [-0.1, -0.05) is 28.9 Å². The summed E-state index contributed by atoms with van der Waals surface area (Å²) in [7, 11) is 0. The van der Waals surface area contributed by atoms with Gasteiger partial charge < -0.3 is 9.26 Å². The summed E-state index contributed by atoms with van der Waals surface area (Å²) in [5.74, 6) is 0.389. The average molecular weight is 246 g/mol. The van der Waals surface area contributed by atoms with Crippen molar-refractivity contribution >= 4 is 5.97 Å². The molecule has 0 aliphatic carbocycles. The van der Waals surface area contributed by atoms with E-state index in [0.29, 0.717) is 12.4 Å². The van der Waals surface area contributed by atoms with Gasteiger partial charge in [0.2, 0.25) is 11.7 Å². The molecule has 1 aromatic heterocycles. The van der Waals surface area contributed by atoms with E-state index in [-0.39, 0.29) is 18.3 Å². The quantitative estimate of drug-likeness (QED) is 0.773. The minimum absolute atomic E-state index is 0.00660. The molecule has 1 heterocycles. The molecule has 1 aromatic carbocycles. The van der Waals surface area contributed by atoms with Gasteiger partial charge in [0.1, 0.15) is 6.42 Å². The molecule has 94 valence electrons. The lowest BCUT2D eigenvalue weighted by Gasteiger charge is -1.96. The first-order chi connectivity index (χ1) is 8.69. The number of carbonyl (C=O) groups is 1. The molecule has 0 spiro atoms. The Morgan fingerprint density at radius 1 is 1.44 bits per heavy atom. The summed E-state index contributed by atoms with van der Waals surface area (Å²) in [6.07, 6.45) is 0.00660.